The number of hydrogen-bond acceptors (Lipinski definition) is 7. The first-order valence-electron chi connectivity index (χ1n) is 15.9. The second kappa shape index (κ2) is 15.3. The maximum atomic E-state index is 13.8. The second-order valence-corrected chi connectivity index (χ2v) is 13.7. The molecule has 4 atom stereocenters. The number of halogens is 1. The van der Waals surface area contributed by atoms with Crippen LogP contribution < -0.4 is 4.74 Å². The molecular formula is C33H45BINO8. The molecule has 1 aliphatic carbocycles. The number of likely N-dealkylation sites (tertiary alicyclic amines) is 1. The summed E-state index contributed by atoms with van der Waals surface area (Å²) in [6.45, 7) is 6.67. The molecule has 2 aliphatic heterocycles. The summed E-state index contributed by atoms with van der Waals surface area (Å²) in [7, 11) is 0.516. The molecule has 240 valence electrons. The first-order chi connectivity index (χ1) is 21.0. The summed E-state index contributed by atoms with van der Waals surface area (Å²) in [5.74, 6) is -1.62. The van der Waals surface area contributed by atoms with Crippen LogP contribution in [-0.4, -0.2) is 64.8 Å². The van der Waals surface area contributed by atoms with Gasteiger partial charge < -0.3 is 24.6 Å². The fraction of sp³-hybridized carbons (Fsp3) is 0.606. The van der Waals surface area contributed by atoms with Crippen LogP contribution in [0.2, 0.25) is 6.32 Å². The molecule has 0 spiro atoms. The highest BCUT2D eigenvalue weighted by molar-refractivity contribution is 14.1. The number of phenolic OH excluding ortho intramolecular Hbond substituents is 1. The first kappa shape index (κ1) is 34.5. The third kappa shape index (κ3) is 7.70. The zero-order valence-electron chi connectivity index (χ0n) is 26.2. The Kier molecular flexibility index (Phi) is 12.0. The number of amides is 2. The van der Waals surface area contributed by atoms with Gasteiger partial charge in [0, 0.05) is 13.0 Å². The predicted molar refractivity (Wildman–Crippen MR) is 177 cm³/mol. The topological polar surface area (TPSA) is 134 Å². The number of nitrogens with zero attached hydrogens (tertiary/aromatic N) is 1. The third-order valence-electron chi connectivity index (χ3n) is 9.24. The van der Waals surface area contributed by atoms with E-state index in [9.17, 15) is 24.5 Å². The average molecular weight is 721 g/mol. The number of carbonyl (C=O) groups is 3. The van der Waals surface area contributed by atoms with Crippen LogP contribution >= 0.6 is 22.6 Å². The monoisotopic (exact) mass is 721 g/mol. The first-order valence-corrected chi connectivity index (χ1v) is 16.9. The van der Waals surface area contributed by atoms with Gasteiger partial charge in [-0.2, -0.15) is 0 Å². The van der Waals surface area contributed by atoms with Crippen molar-refractivity contribution in [1.29, 1.82) is 0 Å². The lowest BCUT2D eigenvalue weighted by molar-refractivity contribution is -0.141. The lowest BCUT2D eigenvalue weighted by Crippen LogP contribution is -2.46. The van der Waals surface area contributed by atoms with Crippen molar-refractivity contribution in [1.82, 2.24) is 4.90 Å². The summed E-state index contributed by atoms with van der Waals surface area (Å²) in [6, 6.07) is 3.75. The second-order valence-electron chi connectivity index (χ2n) is 12.6. The molecule has 0 radical (unpaired) electrons. The number of imide groups is 1. The summed E-state index contributed by atoms with van der Waals surface area (Å²) in [4.78, 5) is 39.5. The van der Waals surface area contributed by atoms with E-state index in [-0.39, 0.29) is 48.2 Å². The minimum absolute atomic E-state index is 0.0805. The van der Waals surface area contributed by atoms with Gasteiger partial charge in [0.1, 0.15) is 0 Å². The number of benzene rings is 1. The van der Waals surface area contributed by atoms with E-state index >= 15 is 0 Å². The summed E-state index contributed by atoms with van der Waals surface area (Å²) >= 11 is 2.09. The van der Waals surface area contributed by atoms with Gasteiger partial charge in [-0.15, -0.1) is 0 Å². The van der Waals surface area contributed by atoms with Crippen LogP contribution in [0.4, 0.5) is 0 Å². The van der Waals surface area contributed by atoms with Gasteiger partial charge in [0.25, 0.3) is 0 Å². The highest BCUT2D eigenvalue weighted by atomic mass is 127. The highest BCUT2D eigenvalue weighted by Gasteiger charge is 2.57. The summed E-state index contributed by atoms with van der Waals surface area (Å²) in [5, 5.41) is 30.1. The van der Waals surface area contributed by atoms with E-state index in [1.807, 2.05) is 12.1 Å². The van der Waals surface area contributed by atoms with E-state index in [2.05, 4.69) is 49.4 Å². The van der Waals surface area contributed by atoms with E-state index in [1.54, 1.807) is 0 Å². The minimum atomic E-state index is -1.02. The zero-order valence-corrected chi connectivity index (χ0v) is 28.3. The van der Waals surface area contributed by atoms with Crippen molar-refractivity contribution in [3.63, 3.8) is 0 Å². The number of rotatable bonds is 14. The van der Waals surface area contributed by atoms with Crippen LogP contribution in [0, 0.1) is 27.2 Å². The maximum absolute atomic E-state index is 13.8. The van der Waals surface area contributed by atoms with Gasteiger partial charge in [-0.1, -0.05) is 50.8 Å². The highest BCUT2D eigenvalue weighted by Crippen LogP contribution is 2.52. The van der Waals surface area contributed by atoms with Gasteiger partial charge in [0.2, 0.25) is 11.8 Å². The quantitative estimate of drug-likeness (QED) is 0.0694. The molecule has 3 N–H and O–H groups in total. The van der Waals surface area contributed by atoms with Crippen molar-refractivity contribution >= 4 is 53.6 Å². The van der Waals surface area contributed by atoms with Crippen LogP contribution in [0.15, 0.2) is 28.9 Å². The molecule has 0 saturated carbocycles. The molecule has 2 fully saturated rings. The van der Waals surface area contributed by atoms with Crippen molar-refractivity contribution < 1.29 is 39.0 Å². The molecule has 1 aromatic rings. The molecule has 2 saturated heterocycles. The number of hydrogen-bond donors (Lipinski definition) is 3. The number of aliphatic carboxylic acids is 1. The van der Waals surface area contributed by atoms with E-state index in [0.717, 1.165) is 36.0 Å². The lowest BCUT2D eigenvalue weighted by atomic mass is 9.57. The Labute approximate surface area is 274 Å². The Morgan fingerprint density at radius 3 is 2.57 bits per heavy atom. The van der Waals surface area contributed by atoms with Crippen molar-refractivity contribution in [2.75, 3.05) is 13.7 Å². The molecule has 3 aliphatic rings. The molecule has 2 amide bonds. The van der Waals surface area contributed by atoms with Crippen molar-refractivity contribution in [3.05, 3.63) is 38.0 Å². The Morgan fingerprint density at radius 2 is 1.91 bits per heavy atom. The molecule has 44 heavy (non-hydrogen) atoms. The number of phenols is 1. The molecule has 0 unspecified atom stereocenters. The van der Waals surface area contributed by atoms with Crippen LogP contribution in [0.25, 0.3) is 6.08 Å². The molecular weight excluding hydrogens is 676 g/mol. The van der Waals surface area contributed by atoms with Gasteiger partial charge >= 0.3 is 13.1 Å². The van der Waals surface area contributed by atoms with Gasteiger partial charge in [-0.25, -0.2) is 0 Å². The van der Waals surface area contributed by atoms with Crippen LogP contribution in [-0.2, 0) is 19.0 Å². The molecule has 0 bridgehead atoms. The van der Waals surface area contributed by atoms with Crippen LogP contribution in [0.5, 0.6) is 11.5 Å². The molecule has 1 aromatic carbocycles. The summed E-state index contributed by atoms with van der Waals surface area (Å²) < 4.78 is 12.3. The van der Waals surface area contributed by atoms with E-state index in [4.69, 9.17) is 14.5 Å². The normalized spacial score (nSPS) is 23.8. The van der Waals surface area contributed by atoms with Gasteiger partial charge in [0.05, 0.1) is 28.6 Å². The van der Waals surface area contributed by atoms with Crippen LogP contribution in [0.1, 0.15) is 84.1 Å². The molecule has 2 heterocycles. The Hall–Kier alpha value is -2.38. The Balaban J connectivity index is 1.56. The number of allylic oxidation sites excluding steroid dienone is 2. The van der Waals surface area contributed by atoms with Gasteiger partial charge in [-0.05, 0) is 103 Å². The van der Waals surface area contributed by atoms with E-state index in [1.165, 1.54) is 17.6 Å². The van der Waals surface area contributed by atoms with Crippen molar-refractivity contribution in [3.8, 4) is 11.5 Å². The minimum Gasteiger partial charge on any atom is -0.504 e. The Morgan fingerprint density at radius 1 is 1.16 bits per heavy atom. The number of carboxylic acid groups (broad SMARTS) is 1. The molecule has 11 heteroatoms. The Bertz CT molecular complexity index is 1310. The third-order valence-corrected chi connectivity index (χ3v) is 10.1. The number of carbonyl (C=O) groups excluding carboxylic acids is 2. The number of unbranched alkanes of at least 4 members (excludes halogenated alkanes) is 2. The van der Waals surface area contributed by atoms with E-state index in [0.29, 0.717) is 48.0 Å². The van der Waals surface area contributed by atoms with Crippen LogP contribution in [0.3, 0.4) is 0 Å². The molecule has 0 aromatic heterocycles. The standard InChI is InChI=1S/C33H45BINO8/c1-5-9-20(14-21-15-25(35)31(39)27(16-21)43-4)11-12-26-29-22(19(2)3)17-23-30(24(29)18-34(42)44-26)33(41)36(32(23)40)13-8-6-7-10-28(37)38/h14-16,19,23-24,26,30,39,42H,5-13,17-18H2,1-4H3,(H,37,38)/b20-14+/t23-,24+,26-,30-/m1/s1. The number of fused-ring (bicyclic) bond motifs is 3. The smallest absolute Gasteiger partial charge is 0.455 e. The number of carboxylic acids is 1. The SMILES string of the molecule is CCC/C(=C\c1cc(I)c(O)c(OC)c1)CC[C@H]1OB(O)C[C@H]2C1=C(C(C)C)C[C@H]1C(=O)N(CCCCCC(=O)O)C(=O)[C@H]12. The van der Waals surface area contributed by atoms with Gasteiger partial charge in [-0.3, -0.25) is 19.3 Å². The van der Waals surface area contributed by atoms with Gasteiger partial charge in [0.15, 0.2) is 11.5 Å². The lowest BCUT2D eigenvalue weighted by Gasteiger charge is -2.44. The molecule has 4 rings (SSSR count). The molecule has 9 nitrogen and oxygen atoms in total. The predicted octanol–water partition coefficient (Wildman–Crippen LogP) is 6.07. The largest absolute Gasteiger partial charge is 0.504 e. The summed E-state index contributed by atoms with van der Waals surface area (Å²) in [5.41, 5.74) is 4.41. The number of aromatic hydroxyl groups is 1. The number of ether oxygens (including phenoxy) is 1. The van der Waals surface area contributed by atoms with E-state index < -0.39 is 24.9 Å². The maximum Gasteiger partial charge on any atom is 0.455 e. The fourth-order valence-electron chi connectivity index (χ4n) is 7.23. The van der Waals surface area contributed by atoms with Crippen molar-refractivity contribution in [2.24, 2.45) is 23.7 Å². The summed E-state index contributed by atoms with van der Waals surface area (Å²) in [6.07, 6.45) is 7.62. The average Bonchev–Trinajstić information content (AvgIpc) is 3.21. The van der Waals surface area contributed by atoms with Crippen molar-refractivity contribution in [2.45, 2.75) is 91.0 Å². The fourth-order valence-corrected chi connectivity index (χ4v) is 7.86. The number of methoxy groups -OCH3 is 1. The zero-order chi connectivity index (χ0) is 32.1.